The third kappa shape index (κ3) is 3.44. The zero-order valence-corrected chi connectivity index (χ0v) is 11.7. The highest BCUT2D eigenvalue weighted by atomic mass is 35.5. The Morgan fingerprint density at radius 2 is 2.17 bits per heavy atom. The molecule has 0 atom stereocenters. The monoisotopic (exact) mass is 265 g/mol. The Balaban J connectivity index is 3.06. The van der Waals surface area contributed by atoms with Crippen molar-refractivity contribution < 1.29 is 4.79 Å². The summed E-state index contributed by atoms with van der Waals surface area (Å²) >= 11 is 5.93. The Labute approximate surface area is 112 Å². The average molecular weight is 266 g/mol. The summed E-state index contributed by atoms with van der Waals surface area (Å²) in [6, 6.07) is 0. The van der Waals surface area contributed by atoms with E-state index in [0.29, 0.717) is 5.82 Å². The number of amides is 1. The number of nitrogens with one attached hydrogen (secondary N) is 1. The fraction of sp³-hybridized carbons (Fsp3) is 0.462. The van der Waals surface area contributed by atoms with Gasteiger partial charge in [0.15, 0.2) is 5.69 Å². The maximum absolute atomic E-state index is 12.0. The van der Waals surface area contributed by atoms with E-state index in [0.717, 1.165) is 0 Å². The van der Waals surface area contributed by atoms with Gasteiger partial charge in [-0.2, -0.15) is 0 Å². The van der Waals surface area contributed by atoms with Gasteiger partial charge >= 0.3 is 0 Å². The van der Waals surface area contributed by atoms with Gasteiger partial charge in [0, 0.05) is 5.92 Å². The maximum atomic E-state index is 12.0. The van der Waals surface area contributed by atoms with Gasteiger partial charge in [0.2, 0.25) is 0 Å². The predicted octanol–water partition coefficient (Wildman–Crippen LogP) is 2.40. The second kappa shape index (κ2) is 5.36. The molecule has 18 heavy (non-hydrogen) atoms. The number of halogens is 1. The van der Waals surface area contributed by atoms with Gasteiger partial charge < -0.3 is 5.32 Å². The van der Waals surface area contributed by atoms with Gasteiger partial charge in [0.25, 0.3) is 5.91 Å². The van der Waals surface area contributed by atoms with E-state index in [1.807, 2.05) is 13.8 Å². The van der Waals surface area contributed by atoms with Gasteiger partial charge in [-0.25, -0.2) is 9.97 Å². The quantitative estimate of drug-likeness (QED) is 0.854. The smallest absolute Gasteiger partial charge is 0.272 e. The Morgan fingerprint density at radius 1 is 1.56 bits per heavy atom. The standard InChI is InChI=1S/C13H16ClN3O/c1-6-13(4,5)17-12(18)10-9(14)7-15-11(16-10)8(2)3/h1,7-8H,2-5H3,(H,17,18). The minimum absolute atomic E-state index is 0.120. The van der Waals surface area contributed by atoms with Crippen molar-refractivity contribution in [2.45, 2.75) is 39.2 Å². The van der Waals surface area contributed by atoms with Gasteiger partial charge in [-0.05, 0) is 13.8 Å². The molecule has 0 aromatic carbocycles. The van der Waals surface area contributed by atoms with Crippen molar-refractivity contribution in [3.8, 4) is 12.3 Å². The number of hydrogen-bond acceptors (Lipinski definition) is 3. The number of hydrogen-bond donors (Lipinski definition) is 1. The number of rotatable bonds is 3. The lowest BCUT2D eigenvalue weighted by Gasteiger charge is -2.19. The van der Waals surface area contributed by atoms with E-state index in [-0.39, 0.29) is 16.6 Å². The molecule has 1 aromatic heterocycles. The molecule has 0 radical (unpaired) electrons. The van der Waals surface area contributed by atoms with Crippen molar-refractivity contribution in [2.24, 2.45) is 0 Å². The number of carbonyl (C=O) groups excluding carboxylic acids is 1. The van der Waals surface area contributed by atoms with Crippen LogP contribution in [0.1, 0.15) is 49.9 Å². The molecule has 96 valence electrons. The first-order valence-corrected chi connectivity index (χ1v) is 5.97. The predicted molar refractivity (Wildman–Crippen MR) is 71.5 cm³/mol. The van der Waals surface area contributed by atoms with Crippen molar-refractivity contribution in [1.29, 1.82) is 0 Å². The molecular formula is C13H16ClN3O. The van der Waals surface area contributed by atoms with Gasteiger partial charge in [-0.1, -0.05) is 31.4 Å². The van der Waals surface area contributed by atoms with Crippen LogP contribution in [0.3, 0.4) is 0 Å². The number of aromatic nitrogens is 2. The number of nitrogens with zero attached hydrogens (tertiary/aromatic N) is 2. The molecule has 0 saturated carbocycles. The second-order valence-corrected chi connectivity index (χ2v) is 5.21. The van der Waals surface area contributed by atoms with Crippen LogP contribution >= 0.6 is 11.6 Å². The normalized spacial score (nSPS) is 11.2. The van der Waals surface area contributed by atoms with Gasteiger partial charge in [-0.3, -0.25) is 4.79 Å². The van der Waals surface area contributed by atoms with Crippen molar-refractivity contribution in [2.75, 3.05) is 0 Å². The Bertz CT molecular complexity index is 503. The van der Waals surface area contributed by atoms with E-state index in [9.17, 15) is 4.79 Å². The summed E-state index contributed by atoms with van der Waals surface area (Å²) in [5.41, 5.74) is -0.595. The zero-order chi connectivity index (χ0) is 13.9. The SMILES string of the molecule is C#CC(C)(C)NC(=O)c1nc(C(C)C)ncc1Cl. The summed E-state index contributed by atoms with van der Waals surface area (Å²) in [7, 11) is 0. The van der Waals surface area contributed by atoms with Gasteiger partial charge in [0.1, 0.15) is 5.82 Å². The highest BCUT2D eigenvalue weighted by Gasteiger charge is 2.22. The van der Waals surface area contributed by atoms with Crippen LogP contribution in [-0.2, 0) is 0 Å². The van der Waals surface area contributed by atoms with Crippen LogP contribution in [0, 0.1) is 12.3 Å². The molecule has 0 aliphatic heterocycles. The first kappa shape index (κ1) is 14.5. The van der Waals surface area contributed by atoms with Crippen molar-refractivity contribution >= 4 is 17.5 Å². The molecule has 1 aromatic rings. The molecule has 1 N–H and O–H groups in total. The van der Waals surface area contributed by atoms with Crippen molar-refractivity contribution in [3.63, 3.8) is 0 Å². The fourth-order valence-corrected chi connectivity index (χ4v) is 1.37. The Morgan fingerprint density at radius 3 is 2.67 bits per heavy atom. The molecule has 0 bridgehead atoms. The molecule has 0 aliphatic carbocycles. The lowest BCUT2D eigenvalue weighted by atomic mass is 10.1. The van der Waals surface area contributed by atoms with Crippen LogP contribution < -0.4 is 5.32 Å². The van der Waals surface area contributed by atoms with Crippen molar-refractivity contribution in [3.05, 3.63) is 22.7 Å². The van der Waals surface area contributed by atoms with Crippen LogP contribution in [0.15, 0.2) is 6.20 Å². The van der Waals surface area contributed by atoms with Crippen LogP contribution in [-0.4, -0.2) is 21.4 Å². The first-order chi connectivity index (χ1) is 8.26. The fourth-order valence-electron chi connectivity index (χ4n) is 1.20. The van der Waals surface area contributed by atoms with Crippen LogP contribution in [0.2, 0.25) is 5.02 Å². The third-order valence-electron chi connectivity index (χ3n) is 2.28. The first-order valence-electron chi connectivity index (χ1n) is 5.59. The number of carbonyl (C=O) groups is 1. The molecule has 0 aliphatic rings. The second-order valence-electron chi connectivity index (χ2n) is 4.80. The lowest BCUT2D eigenvalue weighted by Crippen LogP contribution is -2.42. The van der Waals surface area contributed by atoms with Gasteiger partial charge in [0.05, 0.1) is 16.8 Å². The molecule has 4 nitrogen and oxygen atoms in total. The maximum Gasteiger partial charge on any atom is 0.272 e. The van der Waals surface area contributed by atoms with Crippen LogP contribution in [0.25, 0.3) is 0 Å². The summed E-state index contributed by atoms with van der Waals surface area (Å²) in [5.74, 6) is 2.78. The minimum Gasteiger partial charge on any atom is -0.335 e. The summed E-state index contributed by atoms with van der Waals surface area (Å²) in [5, 5.41) is 2.89. The topological polar surface area (TPSA) is 54.9 Å². The molecule has 0 saturated heterocycles. The molecule has 5 heteroatoms. The Kier molecular flexibility index (Phi) is 4.31. The van der Waals surface area contributed by atoms with E-state index in [4.69, 9.17) is 18.0 Å². The molecular weight excluding hydrogens is 250 g/mol. The molecule has 1 amide bonds. The minimum atomic E-state index is -0.747. The Hall–Kier alpha value is -1.60. The van der Waals surface area contributed by atoms with Crippen LogP contribution in [0.5, 0.6) is 0 Å². The summed E-state index contributed by atoms with van der Waals surface area (Å²) in [6.07, 6.45) is 6.75. The van der Waals surface area contributed by atoms with Crippen LogP contribution in [0.4, 0.5) is 0 Å². The van der Waals surface area contributed by atoms with E-state index >= 15 is 0 Å². The molecule has 1 rings (SSSR count). The van der Waals surface area contributed by atoms with Gasteiger partial charge in [-0.15, -0.1) is 6.42 Å². The highest BCUT2D eigenvalue weighted by molar-refractivity contribution is 6.33. The zero-order valence-electron chi connectivity index (χ0n) is 10.9. The van der Waals surface area contributed by atoms with E-state index < -0.39 is 11.4 Å². The van der Waals surface area contributed by atoms with E-state index in [1.165, 1.54) is 6.20 Å². The molecule has 0 unspecified atom stereocenters. The van der Waals surface area contributed by atoms with E-state index in [2.05, 4.69) is 21.2 Å². The average Bonchev–Trinajstić information content (AvgIpc) is 2.28. The summed E-state index contributed by atoms with van der Waals surface area (Å²) in [6.45, 7) is 7.33. The van der Waals surface area contributed by atoms with E-state index in [1.54, 1.807) is 13.8 Å². The number of terminal acetylenes is 1. The lowest BCUT2D eigenvalue weighted by molar-refractivity contribution is 0.0924. The summed E-state index contributed by atoms with van der Waals surface area (Å²) in [4.78, 5) is 20.3. The highest BCUT2D eigenvalue weighted by Crippen LogP contribution is 2.17. The summed E-state index contributed by atoms with van der Waals surface area (Å²) < 4.78 is 0. The van der Waals surface area contributed by atoms with Crippen molar-refractivity contribution in [1.82, 2.24) is 15.3 Å². The largest absolute Gasteiger partial charge is 0.335 e. The molecule has 1 heterocycles. The third-order valence-corrected chi connectivity index (χ3v) is 2.56. The molecule has 0 spiro atoms. The molecule has 0 fully saturated rings.